The molecule has 0 aromatic carbocycles. The fourth-order valence-corrected chi connectivity index (χ4v) is 2.24. The molecule has 0 saturated carbocycles. The molecular formula is C16H31N5. The highest BCUT2D eigenvalue weighted by Gasteiger charge is 2.11. The van der Waals surface area contributed by atoms with Crippen molar-refractivity contribution < 1.29 is 0 Å². The summed E-state index contributed by atoms with van der Waals surface area (Å²) in [6, 6.07) is 2.35. The molecule has 0 saturated heterocycles. The molecule has 2 N–H and O–H groups in total. The zero-order chi connectivity index (χ0) is 15.8. The fraction of sp³-hybridized carbons (Fsp3) is 0.750. The van der Waals surface area contributed by atoms with Crippen LogP contribution in [0.2, 0.25) is 0 Å². The molecule has 1 heterocycles. The molecule has 0 bridgehead atoms. The number of hydrogen-bond donors (Lipinski definition) is 2. The summed E-state index contributed by atoms with van der Waals surface area (Å²) in [6.07, 6.45) is 0. The minimum absolute atomic E-state index is 0.322. The van der Waals surface area contributed by atoms with Crippen molar-refractivity contribution in [3.8, 4) is 0 Å². The SMILES string of the molecule is CCNc1cc(NC(C)CN(CC)CC)nc(C(C)C)n1. The Bertz CT molecular complexity index is 415. The van der Waals surface area contributed by atoms with E-state index in [1.807, 2.05) is 6.07 Å². The van der Waals surface area contributed by atoms with Gasteiger partial charge in [0, 0.05) is 31.1 Å². The molecule has 120 valence electrons. The summed E-state index contributed by atoms with van der Waals surface area (Å²) in [5.74, 6) is 3.01. The summed E-state index contributed by atoms with van der Waals surface area (Å²) in [6.45, 7) is 16.9. The molecule has 0 spiro atoms. The molecule has 1 unspecified atom stereocenters. The van der Waals surface area contributed by atoms with Crippen LogP contribution in [0.5, 0.6) is 0 Å². The number of rotatable bonds is 9. The highest BCUT2D eigenvalue weighted by Crippen LogP contribution is 2.17. The number of anilines is 2. The molecule has 0 aliphatic rings. The van der Waals surface area contributed by atoms with Gasteiger partial charge in [0.15, 0.2) is 0 Å². The Morgan fingerprint density at radius 3 is 2.19 bits per heavy atom. The minimum atomic E-state index is 0.322. The molecule has 1 atom stereocenters. The Labute approximate surface area is 129 Å². The Kier molecular flexibility index (Phi) is 7.43. The van der Waals surface area contributed by atoms with Crippen molar-refractivity contribution in [1.29, 1.82) is 0 Å². The zero-order valence-corrected chi connectivity index (χ0v) is 14.4. The molecule has 5 heteroatoms. The maximum Gasteiger partial charge on any atom is 0.135 e. The lowest BCUT2D eigenvalue weighted by Gasteiger charge is -2.24. The van der Waals surface area contributed by atoms with Crippen LogP contribution >= 0.6 is 0 Å². The Morgan fingerprint density at radius 2 is 1.67 bits per heavy atom. The number of nitrogens with one attached hydrogen (secondary N) is 2. The third-order valence-corrected chi connectivity index (χ3v) is 3.44. The maximum absolute atomic E-state index is 4.63. The Morgan fingerprint density at radius 1 is 1.05 bits per heavy atom. The quantitative estimate of drug-likeness (QED) is 0.732. The van der Waals surface area contributed by atoms with Crippen molar-refractivity contribution >= 4 is 11.6 Å². The van der Waals surface area contributed by atoms with E-state index >= 15 is 0 Å². The standard InChI is InChI=1S/C16H31N5/c1-7-17-14-10-15(20-16(19-14)12(4)5)18-13(6)11-21(8-2)9-3/h10,12-13H,7-9,11H2,1-6H3,(H2,17,18,19,20). The van der Waals surface area contributed by atoms with E-state index in [-0.39, 0.29) is 0 Å². The second-order valence-corrected chi connectivity index (χ2v) is 5.71. The lowest BCUT2D eigenvalue weighted by molar-refractivity contribution is 0.294. The molecule has 0 aliphatic carbocycles. The smallest absolute Gasteiger partial charge is 0.135 e. The first-order chi connectivity index (χ1) is 9.99. The van der Waals surface area contributed by atoms with Gasteiger partial charge in [-0.2, -0.15) is 0 Å². The maximum atomic E-state index is 4.63. The van der Waals surface area contributed by atoms with Crippen LogP contribution in [0, 0.1) is 0 Å². The van der Waals surface area contributed by atoms with Crippen LogP contribution in [0.15, 0.2) is 6.07 Å². The van der Waals surface area contributed by atoms with E-state index < -0.39 is 0 Å². The van der Waals surface area contributed by atoms with Crippen LogP contribution in [-0.4, -0.2) is 47.1 Å². The molecule has 1 rings (SSSR count). The number of nitrogens with zero attached hydrogens (tertiary/aromatic N) is 3. The van der Waals surface area contributed by atoms with Gasteiger partial charge < -0.3 is 15.5 Å². The zero-order valence-electron chi connectivity index (χ0n) is 14.4. The van der Waals surface area contributed by atoms with Crippen molar-refractivity contribution in [2.75, 3.05) is 36.8 Å². The number of likely N-dealkylation sites (N-methyl/N-ethyl adjacent to an activating group) is 1. The minimum Gasteiger partial charge on any atom is -0.370 e. The molecule has 0 amide bonds. The van der Waals surface area contributed by atoms with Gasteiger partial charge in [-0.1, -0.05) is 27.7 Å². The van der Waals surface area contributed by atoms with Gasteiger partial charge in [-0.25, -0.2) is 9.97 Å². The highest BCUT2D eigenvalue weighted by molar-refractivity contribution is 5.48. The van der Waals surface area contributed by atoms with Crippen molar-refractivity contribution in [3.05, 3.63) is 11.9 Å². The molecule has 21 heavy (non-hydrogen) atoms. The van der Waals surface area contributed by atoms with Gasteiger partial charge >= 0.3 is 0 Å². The van der Waals surface area contributed by atoms with Crippen molar-refractivity contribution in [3.63, 3.8) is 0 Å². The van der Waals surface area contributed by atoms with Gasteiger partial charge in [0.25, 0.3) is 0 Å². The van der Waals surface area contributed by atoms with Crippen LogP contribution in [0.1, 0.15) is 53.3 Å². The van der Waals surface area contributed by atoms with E-state index in [1.54, 1.807) is 0 Å². The van der Waals surface area contributed by atoms with E-state index in [0.29, 0.717) is 12.0 Å². The third kappa shape index (κ3) is 5.87. The second kappa shape index (κ2) is 8.82. The van der Waals surface area contributed by atoms with Gasteiger partial charge in [0.2, 0.25) is 0 Å². The molecule has 1 aromatic heterocycles. The predicted octanol–water partition coefficient (Wildman–Crippen LogP) is 3.17. The Hall–Kier alpha value is -1.36. The summed E-state index contributed by atoms with van der Waals surface area (Å²) in [5, 5.41) is 6.78. The normalized spacial score (nSPS) is 12.8. The first kappa shape index (κ1) is 17.7. The van der Waals surface area contributed by atoms with Gasteiger partial charge in [0.1, 0.15) is 17.5 Å². The van der Waals surface area contributed by atoms with Crippen LogP contribution in [0.3, 0.4) is 0 Å². The molecule has 0 aliphatic heterocycles. The Balaban J connectivity index is 2.81. The van der Waals surface area contributed by atoms with E-state index in [4.69, 9.17) is 0 Å². The van der Waals surface area contributed by atoms with Crippen LogP contribution in [-0.2, 0) is 0 Å². The highest BCUT2D eigenvalue weighted by atomic mass is 15.2. The van der Waals surface area contributed by atoms with E-state index in [0.717, 1.165) is 43.6 Å². The largest absolute Gasteiger partial charge is 0.370 e. The lowest BCUT2D eigenvalue weighted by Crippen LogP contribution is -2.35. The predicted molar refractivity (Wildman–Crippen MR) is 91.2 cm³/mol. The van der Waals surface area contributed by atoms with Gasteiger partial charge in [-0.15, -0.1) is 0 Å². The van der Waals surface area contributed by atoms with E-state index in [1.165, 1.54) is 0 Å². The van der Waals surface area contributed by atoms with Crippen LogP contribution in [0.4, 0.5) is 11.6 Å². The van der Waals surface area contributed by atoms with Gasteiger partial charge in [-0.3, -0.25) is 0 Å². The monoisotopic (exact) mass is 293 g/mol. The average Bonchev–Trinajstić information content (AvgIpc) is 2.44. The molecule has 1 aromatic rings. The topological polar surface area (TPSA) is 53.1 Å². The number of hydrogen-bond acceptors (Lipinski definition) is 5. The van der Waals surface area contributed by atoms with Crippen molar-refractivity contribution in [2.24, 2.45) is 0 Å². The molecular weight excluding hydrogens is 262 g/mol. The molecule has 0 fully saturated rings. The fourth-order valence-electron chi connectivity index (χ4n) is 2.24. The molecule has 0 radical (unpaired) electrons. The molecule has 5 nitrogen and oxygen atoms in total. The third-order valence-electron chi connectivity index (χ3n) is 3.44. The van der Waals surface area contributed by atoms with Crippen molar-refractivity contribution in [1.82, 2.24) is 14.9 Å². The van der Waals surface area contributed by atoms with E-state index in [2.05, 4.69) is 67.0 Å². The first-order valence-corrected chi connectivity index (χ1v) is 8.11. The first-order valence-electron chi connectivity index (χ1n) is 8.11. The summed E-state index contributed by atoms with van der Waals surface area (Å²) in [7, 11) is 0. The van der Waals surface area contributed by atoms with Crippen LogP contribution in [0.25, 0.3) is 0 Å². The van der Waals surface area contributed by atoms with Gasteiger partial charge in [0.05, 0.1) is 0 Å². The second-order valence-electron chi connectivity index (χ2n) is 5.71. The average molecular weight is 293 g/mol. The number of aromatic nitrogens is 2. The van der Waals surface area contributed by atoms with E-state index in [9.17, 15) is 0 Å². The van der Waals surface area contributed by atoms with Crippen LogP contribution < -0.4 is 10.6 Å². The summed E-state index contributed by atoms with van der Waals surface area (Å²) in [4.78, 5) is 11.6. The lowest BCUT2D eigenvalue weighted by atomic mass is 10.2. The van der Waals surface area contributed by atoms with Crippen molar-refractivity contribution in [2.45, 2.75) is 53.5 Å². The summed E-state index contributed by atoms with van der Waals surface area (Å²) >= 11 is 0. The summed E-state index contributed by atoms with van der Waals surface area (Å²) < 4.78 is 0. The summed E-state index contributed by atoms with van der Waals surface area (Å²) in [5.41, 5.74) is 0. The van der Waals surface area contributed by atoms with Gasteiger partial charge in [-0.05, 0) is 26.9 Å².